The molecule has 0 amide bonds. The fourth-order valence-electron chi connectivity index (χ4n) is 3.53. The summed E-state index contributed by atoms with van der Waals surface area (Å²) in [6.07, 6.45) is 8.65. The van der Waals surface area contributed by atoms with Gasteiger partial charge in [-0.25, -0.2) is 0 Å². The summed E-state index contributed by atoms with van der Waals surface area (Å²) in [6.45, 7) is 2.75. The maximum Gasteiger partial charge on any atom is 0.142 e. The minimum atomic E-state index is 0.186. The van der Waals surface area contributed by atoms with Crippen molar-refractivity contribution in [3.05, 3.63) is 23.8 Å². The molecule has 1 saturated heterocycles. The third-order valence-corrected chi connectivity index (χ3v) is 4.76. The minimum Gasteiger partial charge on any atom is -0.489 e. The first kappa shape index (κ1) is 13.7. The molecule has 1 heterocycles. The predicted molar refractivity (Wildman–Crippen MR) is 81.0 cm³/mol. The van der Waals surface area contributed by atoms with Crippen LogP contribution in [0.5, 0.6) is 5.75 Å². The van der Waals surface area contributed by atoms with Crippen LogP contribution in [0.3, 0.4) is 0 Å². The number of hydrogen-bond acceptors (Lipinski definition) is 3. The van der Waals surface area contributed by atoms with Crippen LogP contribution < -0.4 is 10.5 Å². The van der Waals surface area contributed by atoms with Crippen LogP contribution in [-0.4, -0.2) is 18.3 Å². The molecule has 0 aromatic heterocycles. The summed E-state index contributed by atoms with van der Waals surface area (Å²) >= 11 is 0. The van der Waals surface area contributed by atoms with E-state index in [9.17, 15) is 0 Å². The van der Waals surface area contributed by atoms with Gasteiger partial charge in [-0.3, -0.25) is 0 Å². The molecule has 1 aliphatic carbocycles. The van der Waals surface area contributed by atoms with Crippen molar-refractivity contribution in [3.8, 4) is 5.75 Å². The molecule has 2 aliphatic rings. The van der Waals surface area contributed by atoms with E-state index in [0.29, 0.717) is 6.61 Å². The van der Waals surface area contributed by atoms with Crippen molar-refractivity contribution in [2.24, 2.45) is 0 Å². The van der Waals surface area contributed by atoms with Gasteiger partial charge in [0.2, 0.25) is 0 Å². The summed E-state index contributed by atoms with van der Waals surface area (Å²) in [6, 6.07) is 6.07. The highest BCUT2D eigenvalue weighted by Crippen LogP contribution is 2.43. The summed E-state index contributed by atoms with van der Waals surface area (Å²) in [4.78, 5) is 0. The van der Waals surface area contributed by atoms with Gasteiger partial charge in [-0.05, 0) is 49.8 Å². The van der Waals surface area contributed by atoms with E-state index in [-0.39, 0.29) is 11.7 Å². The molecular formula is C17H25NO2. The second-order valence-electron chi connectivity index (χ2n) is 6.21. The Hall–Kier alpha value is -1.22. The highest BCUT2D eigenvalue weighted by Gasteiger charge is 2.42. The van der Waals surface area contributed by atoms with E-state index in [1.807, 2.05) is 12.1 Å². The van der Waals surface area contributed by atoms with Gasteiger partial charge in [-0.1, -0.05) is 25.8 Å². The van der Waals surface area contributed by atoms with E-state index >= 15 is 0 Å². The Morgan fingerprint density at radius 1 is 1.30 bits per heavy atom. The zero-order valence-electron chi connectivity index (χ0n) is 12.4. The van der Waals surface area contributed by atoms with Gasteiger partial charge in [0.25, 0.3) is 0 Å². The molecule has 3 heteroatoms. The predicted octanol–water partition coefficient (Wildman–Crippen LogP) is 3.70. The fraction of sp³-hybridized carbons (Fsp3) is 0.647. The van der Waals surface area contributed by atoms with Gasteiger partial charge in [0.15, 0.2) is 0 Å². The second-order valence-corrected chi connectivity index (χ2v) is 6.21. The standard InChI is InChI=1S/C17H25NO2/c1-2-13-5-6-16(15(18)11-13)19-12-14-7-10-17(20-14)8-3-4-9-17/h5-6,11,14H,2-4,7-10,12,18H2,1H3. The quantitative estimate of drug-likeness (QED) is 0.852. The number of nitrogens with two attached hydrogens (primary N) is 1. The van der Waals surface area contributed by atoms with Crippen LogP contribution in [0.1, 0.15) is 51.0 Å². The van der Waals surface area contributed by atoms with Gasteiger partial charge in [0, 0.05) is 0 Å². The molecule has 1 spiro atoms. The van der Waals surface area contributed by atoms with E-state index < -0.39 is 0 Å². The third-order valence-electron chi connectivity index (χ3n) is 4.76. The molecule has 2 fully saturated rings. The average Bonchev–Trinajstić information content (AvgIpc) is 3.08. The lowest BCUT2D eigenvalue weighted by atomic mass is 9.98. The molecule has 1 aromatic rings. The number of aryl methyl sites for hydroxylation is 1. The second kappa shape index (κ2) is 5.65. The van der Waals surface area contributed by atoms with Crippen LogP contribution in [-0.2, 0) is 11.2 Å². The number of nitrogen functional groups attached to an aromatic ring is 1. The number of hydrogen-bond donors (Lipinski definition) is 1. The zero-order chi connectivity index (χ0) is 14.0. The first-order valence-electron chi connectivity index (χ1n) is 7.90. The van der Waals surface area contributed by atoms with Crippen molar-refractivity contribution in [1.29, 1.82) is 0 Å². The van der Waals surface area contributed by atoms with E-state index in [0.717, 1.165) is 24.3 Å². The molecule has 1 aliphatic heterocycles. The van der Waals surface area contributed by atoms with Crippen LogP contribution in [0, 0.1) is 0 Å². The van der Waals surface area contributed by atoms with Crippen LogP contribution in [0.2, 0.25) is 0 Å². The van der Waals surface area contributed by atoms with Crippen molar-refractivity contribution in [2.45, 2.75) is 63.6 Å². The normalized spacial score (nSPS) is 24.4. The maximum absolute atomic E-state index is 6.25. The summed E-state index contributed by atoms with van der Waals surface area (Å²) in [5.74, 6) is 0.790. The van der Waals surface area contributed by atoms with Gasteiger partial charge in [0.1, 0.15) is 12.4 Å². The molecule has 0 bridgehead atoms. The van der Waals surface area contributed by atoms with Gasteiger partial charge in [0.05, 0.1) is 17.4 Å². The van der Waals surface area contributed by atoms with E-state index in [1.54, 1.807) is 0 Å². The SMILES string of the molecule is CCc1ccc(OCC2CCC3(CCCC3)O2)c(N)c1. The van der Waals surface area contributed by atoms with E-state index in [4.69, 9.17) is 15.2 Å². The third kappa shape index (κ3) is 2.78. The Balaban J connectivity index is 1.55. The molecule has 2 N–H and O–H groups in total. The molecule has 3 nitrogen and oxygen atoms in total. The Bertz CT molecular complexity index is 466. The topological polar surface area (TPSA) is 44.5 Å². The van der Waals surface area contributed by atoms with E-state index in [1.165, 1.54) is 37.7 Å². The highest BCUT2D eigenvalue weighted by molar-refractivity contribution is 5.54. The van der Waals surface area contributed by atoms with Crippen molar-refractivity contribution in [2.75, 3.05) is 12.3 Å². The Morgan fingerprint density at radius 3 is 2.80 bits per heavy atom. The molecule has 20 heavy (non-hydrogen) atoms. The molecule has 110 valence electrons. The Morgan fingerprint density at radius 2 is 2.10 bits per heavy atom. The Kier molecular flexibility index (Phi) is 3.88. The van der Waals surface area contributed by atoms with Gasteiger partial charge < -0.3 is 15.2 Å². The van der Waals surface area contributed by atoms with Crippen LogP contribution >= 0.6 is 0 Å². The van der Waals surface area contributed by atoms with Crippen molar-refractivity contribution in [3.63, 3.8) is 0 Å². The molecular weight excluding hydrogens is 250 g/mol. The molecule has 3 rings (SSSR count). The van der Waals surface area contributed by atoms with Gasteiger partial charge in [-0.15, -0.1) is 0 Å². The maximum atomic E-state index is 6.25. The van der Waals surface area contributed by atoms with Crippen molar-refractivity contribution >= 4 is 5.69 Å². The first-order chi connectivity index (χ1) is 9.71. The number of anilines is 1. The number of ether oxygens (including phenoxy) is 2. The number of rotatable bonds is 4. The largest absolute Gasteiger partial charge is 0.489 e. The van der Waals surface area contributed by atoms with Crippen LogP contribution in [0.4, 0.5) is 5.69 Å². The first-order valence-corrected chi connectivity index (χ1v) is 7.90. The summed E-state index contributed by atoms with van der Waals surface area (Å²) < 4.78 is 12.1. The van der Waals surface area contributed by atoms with Crippen LogP contribution in [0.15, 0.2) is 18.2 Å². The van der Waals surface area contributed by atoms with E-state index in [2.05, 4.69) is 13.0 Å². The molecule has 1 saturated carbocycles. The zero-order valence-corrected chi connectivity index (χ0v) is 12.4. The van der Waals surface area contributed by atoms with Gasteiger partial charge >= 0.3 is 0 Å². The number of benzene rings is 1. The summed E-state index contributed by atoms with van der Waals surface area (Å²) in [5.41, 5.74) is 8.20. The molecule has 0 radical (unpaired) electrons. The monoisotopic (exact) mass is 275 g/mol. The lowest BCUT2D eigenvalue weighted by Crippen LogP contribution is -2.27. The molecule has 1 aromatic carbocycles. The Labute approximate surface area is 121 Å². The smallest absolute Gasteiger partial charge is 0.142 e. The van der Waals surface area contributed by atoms with Crippen molar-refractivity contribution in [1.82, 2.24) is 0 Å². The average molecular weight is 275 g/mol. The lowest BCUT2D eigenvalue weighted by Gasteiger charge is -2.24. The van der Waals surface area contributed by atoms with Crippen molar-refractivity contribution < 1.29 is 9.47 Å². The summed E-state index contributed by atoms with van der Waals surface area (Å²) in [7, 11) is 0. The minimum absolute atomic E-state index is 0.186. The molecule has 1 atom stereocenters. The summed E-state index contributed by atoms with van der Waals surface area (Å²) in [5, 5.41) is 0. The molecule has 1 unspecified atom stereocenters. The lowest BCUT2D eigenvalue weighted by molar-refractivity contribution is -0.0508. The van der Waals surface area contributed by atoms with Crippen LogP contribution in [0.25, 0.3) is 0 Å². The fourth-order valence-corrected chi connectivity index (χ4v) is 3.53. The highest BCUT2D eigenvalue weighted by atomic mass is 16.6. The van der Waals surface area contributed by atoms with Gasteiger partial charge in [-0.2, -0.15) is 0 Å².